The van der Waals surface area contributed by atoms with Gasteiger partial charge in [0.1, 0.15) is 25.0 Å². The van der Waals surface area contributed by atoms with Crippen LogP contribution in [0.3, 0.4) is 0 Å². The summed E-state index contributed by atoms with van der Waals surface area (Å²) < 4.78 is 11.0. The molecular formula is C20H23N3O4. The number of aromatic nitrogens is 1. The number of likely N-dealkylation sites (tertiary alicyclic amines) is 1. The highest BCUT2D eigenvalue weighted by Gasteiger charge is 2.25. The summed E-state index contributed by atoms with van der Waals surface area (Å²) in [5.74, 6) is 0.599. The number of hydrogen-bond acceptors (Lipinski definition) is 5. The number of nitrogens with zero attached hydrogens (tertiary/aromatic N) is 2. The molecule has 0 saturated carbocycles. The van der Waals surface area contributed by atoms with Gasteiger partial charge in [-0.25, -0.2) is 4.79 Å². The Morgan fingerprint density at radius 3 is 2.70 bits per heavy atom. The van der Waals surface area contributed by atoms with Crippen LogP contribution in [0.1, 0.15) is 18.4 Å². The summed E-state index contributed by atoms with van der Waals surface area (Å²) in [6.07, 6.45) is 4.43. The maximum Gasteiger partial charge on any atom is 0.407 e. The molecule has 0 spiro atoms. The molecule has 3 rings (SSSR count). The minimum absolute atomic E-state index is 0.0601. The largest absolute Gasteiger partial charge is 0.488 e. The van der Waals surface area contributed by atoms with E-state index < -0.39 is 6.09 Å². The van der Waals surface area contributed by atoms with E-state index in [1.807, 2.05) is 30.3 Å². The smallest absolute Gasteiger partial charge is 0.407 e. The number of pyridine rings is 1. The minimum Gasteiger partial charge on any atom is -0.488 e. The van der Waals surface area contributed by atoms with Crippen LogP contribution in [0.5, 0.6) is 5.75 Å². The van der Waals surface area contributed by atoms with E-state index in [-0.39, 0.29) is 25.2 Å². The normalized spacial score (nSPS) is 16.4. The topological polar surface area (TPSA) is 80.8 Å². The zero-order valence-electron chi connectivity index (χ0n) is 15.0. The second-order valence-electron chi connectivity index (χ2n) is 6.32. The Hall–Kier alpha value is -3.09. The van der Waals surface area contributed by atoms with Crippen LogP contribution in [0.15, 0.2) is 54.9 Å². The second kappa shape index (κ2) is 9.56. The van der Waals surface area contributed by atoms with Gasteiger partial charge in [-0.1, -0.05) is 30.3 Å². The molecule has 1 N–H and O–H groups in total. The molecule has 27 heavy (non-hydrogen) atoms. The van der Waals surface area contributed by atoms with Crippen molar-refractivity contribution >= 4 is 12.0 Å². The number of hydrogen-bond donors (Lipinski definition) is 1. The van der Waals surface area contributed by atoms with Gasteiger partial charge in [-0.05, 0) is 30.5 Å². The monoisotopic (exact) mass is 369 g/mol. The van der Waals surface area contributed by atoms with Gasteiger partial charge in [0, 0.05) is 18.9 Å². The zero-order valence-corrected chi connectivity index (χ0v) is 15.0. The van der Waals surface area contributed by atoms with E-state index in [9.17, 15) is 9.59 Å². The molecule has 0 bridgehead atoms. The number of nitrogens with one attached hydrogen (secondary N) is 1. The average molecular weight is 369 g/mol. The van der Waals surface area contributed by atoms with Gasteiger partial charge in [-0.15, -0.1) is 0 Å². The Kier molecular flexibility index (Phi) is 6.62. The molecule has 0 aliphatic carbocycles. The van der Waals surface area contributed by atoms with Crippen molar-refractivity contribution in [3.8, 4) is 5.75 Å². The summed E-state index contributed by atoms with van der Waals surface area (Å²) in [4.78, 5) is 29.8. The fourth-order valence-electron chi connectivity index (χ4n) is 2.90. The van der Waals surface area contributed by atoms with Crippen LogP contribution >= 0.6 is 0 Å². The molecule has 2 aromatic rings. The maximum atomic E-state index is 12.4. The van der Waals surface area contributed by atoms with Gasteiger partial charge in [-0.2, -0.15) is 0 Å². The summed E-state index contributed by atoms with van der Waals surface area (Å²) in [5.41, 5.74) is 0.895. The van der Waals surface area contributed by atoms with E-state index in [0.29, 0.717) is 13.1 Å². The fourth-order valence-corrected chi connectivity index (χ4v) is 2.90. The quantitative estimate of drug-likeness (QED) is 0.846. The van der Waals surface area contributed by atoms with E-state index in [2.05, 4.69) is 10.3 Å². The maximum absolute atomic E-state index is 12.4. The molecule has 142 valence electrons. The van der Waals surface area contributed by atoms with Gasteiger partial charge in [-0.3, -0.25) is 9.78 Å². The van der Waals surface area contributed by atoms with Crippen LogP contribution in [0, 0.1) is 0 Å². The third kappa shape index (κ3) is 5.99. The first-order chi connectivity index (χ1) is 13.2. The van der Waals surface area contributed by atoms with Crippen LogP contribution in [0.4, 0.5) is 4.79 Å². The summed E-state index contributed by atoms with van der Waals surface area (Å²) in [5, 5.41) is 2.51. The molecule has 1 aliphatic heterocycles. The molecular weight excluding hydrogens is 346 g/mol. The Morgan fingerprint density at radius 2 is 1.93 bits per heavy atom. The number of carbonyl (C=O) groups excluding carboxylic acids is 2. The Balaban J connectivity index is 1.40. The Labute approximate surface area is 158 Å². The lowest BCUT2D eigenvalue weighted by molar-refractivity contribution is -0.132. The minimum atomic E-state index is -0.603. The van der Waals surface area contributed by atoms with Crippen LogP contribution in [-0.2, 0) is 16.1 Å². The van der Waals surface area contributed by atoms with Gasteiger partial charge < -0.3 is 19.7 Å². The van der Waals surface area contributed by atoms with Gasteiger partial charge in [0.25, 0.3) is 0 Å². The molecule has 1 aromatic heterocycles. The molecule has 0 unspecified atom stereocenters. The number of benzene rings is 1. The summed E-state index contributed by atoms with van der Waals surface area (Å²) in [7, 11) is 0. The Bertz CT molecular complexity index is 739. The van der Waals surface area contributed by atoms with Crippen molar-refractivity contribution in [3.63, 3.8) is 0 Å². The van der Waals surface area contributed by atoms with Crippen molar-refractivity contribution in [1.82, 2.24) is 15.2 Å². The van der Waals surface area contributed by atoms with Crippen molar-refractivity contribution in [1.29, 1.82) is 0 Å². The first-order valence-corrected chi connectivity index (χ1v) is 9.00. The highest BCUT2D eigenvalue weighted by Crippen LogP contribution is 2.17. The second-order valence-corrected chi connectivity index (χ2v) is 6.32. The summed E-state index contributed by atoms with van der Waals surface area (Å²) in [6, 6.07) is 13.0. The van der Waals surface area contributed by atoms with Crippen molar-refractivity contribution in [2.75, 3.05) is 19.6 Å². The Morgan fingerprint density at radius 1 is 1.15 bits per heavy atom. The molecule has 7 nitrogen and oxygen atoms in total. The lowest BCUT2D eigenvalue weighted by Crippen LogP contribution is -2.48. The van der Waals surface area contributed by atoms with Gasteiger partial charge in [0.05, 0.1) is 6.54 Å². The number of piperidine rings is 1. The molecule has 2 amide bonds. The van der Waals surface area contributed by atoms with Gasteiger partial charge in [0.15, 0.2) is 0 Å². The molecule has 1 aromatic carbocycles. The van der Waals surface area contributed by atoms with Crippen molar-refractivity contribution in [3.05, 3.63) is 60.4 Å². The molecule has 0 radical (unpaired) electrons. The fraction of sp³-hybridized carbons (Fsp3) is 0.350. The van der Waals surface area contributed by atoms with E-state index in [4.69, 9.17) is 9.47 Å². The third-order valence-electron chi connectivity index (χ3n) is 4.28. The lowest BCUT2D eigenvalue weighted by atomic mass is 10.1. The molecule has 1 atom stereocenters. The molecule has 7 heteroatoms. The first-order valence-electron chi connectivity index (χ1n) is 9.00. The van der Waals surface area contributed by atoms with Crippen LogP contribution < -0.4 is 10.1 Å². The first kappa shape index (κ1) is 18.7. The average Bonchev–Trinajstić information content (AvgIpc) is 2.72. The zero-order chi connectivity index (χ0) is 18.9. The van der Waals surface area contributed by atoms with Gasteiger partial charge in [0.2, 0.25) is 5.91 Å². The van der Waals surface area contributed by atoms with Crippen molar-refractivity contribution in [2.45, 2.75) is 25.6 Å². The van der Waals surface area contributed by atoms with E-state index in [0.717, 1.165) is 24.2 Å². The summed E-state index contributed by atoms with van der Waals surface area (Å²) in [6.45, 7) is 1.25. The van der Waals surface area contributed by atoms with Crippen LogP contribution in [0.25, 0.3) is 0 Å². The van der Waals surface area contributed by atoms with Gasteiger partial charge >= 0.3 is 6.09 Å². The predicted octanol–water partition coefficient (Wildman–Crippen LogP) is 2.38. The number of alkyl carbamates (subject to hydrolysis) is 1. The molecule has 1 saturated heterocycles. The van der Waals surface area contributed by atoms with E-state index in [1.54, 1.807) is 29.4 Å². The molecule has 1 fully saturated rings. The molecule has 1 aliphatic rings. The van der Waals surface area contributed by atoms with Crippen LogP contribution in [-0.4, -0.2) is 47.6 Å². The van der Waals surface area contributed by atoms with Crippen LogP contribution in [0.2, 0.25) is 0 Å². The predicted molar refractivity (Wildman–Crippen MR) is 99.1 cm³/mol. The SMILES string of the molecule is O=C(NCC(=O)N1CCC[C@H](Oc2ccncc2)C1)OCc1ccccc1. The molecule has 2 heterocycles. The lowest BCUT2D eigenvalue weighted by Gasteiger charge is -2.33. The number of carbonyl (C=O) groups is 2. The number of amides is 2. The standard InChI is InChI=1S/C20H23N3O4/c24-19(13-22-20(25)26-15-16-5-2-1-3-6-16)23-12-4-7-18(14-23)27-17-8-10-21-11-9-17/h1-3,5-6,8-11,18H,4,7,12-15H2,(H,22,25)/t18-/m0/s1. The van der Waals surface area contributed by atoms with Crippen molar-refractivity contribution in [2.24, 2.45) is 0 Å². The third-order valence-corrected chi connectivity index (χ3v) is 4.28. The number of ether oxygens (including phenoxy) is 2. The number of rotatable bonds is 6. The highest BCUT2D eigenvalue weighted by molar-refractivity contribution is 5.82. The summed E-state index contributed by atoms with van der Waals surface area (Å²) >= 11 is 0. The van der Waals surface area contributed by atoms with E-state index >= 15 is 0 Å². The van der Waals surface area contributed by atoms with E-state index in [1.165, 1.54) is 0 Å². The van der Waals surface area contributed by atoms with Crippen molar-refractivity contribution < 1.29 is 19.1 Å². The highest BCUT2D eigenvalue weighted by atomic mass is 16.5.